The van der Waals surface area contributed by atoms with Crippen LogP contribution < -0.4 is 14.8 Å². The van der Waals surface area contributed by atoms with Gasteiger partial charge in [0.1, 0.15) is 6.61 Å². The van der Waals surface area contributed by atoms with E-state index in [1.807, 2.05) is 24.3 Å². The maximum atomic E-state index is 13.2. The highest BCUT2D eigenvalue weighted by Gasteiger charge is 2.22. The molecule has 186 valence electrons. The molecule has 5 rings (SSSR count). The van der Waals surface area contributed by atoms with Gasteiger partial charge in [-0.05, 0) is 43.0 Å². The third-order valence-corrected chi connectivity index (χ3v) is 7.64. The summed E-state index contributed by atoms with van der Waals surface area (Å²) in [6.07, 6.45) is 10.1. The molecule has 0 spiro atoms. The van der Waals surface area contributed by atoms with Crippen LogP contribution in [0.1, 0.15) is 54.4 Å². The summed E-state index contributed by atoms with van der Waals surface area (Å²) in [7, 11) is -4.05. The molecule has 6 bridgehead atoms. The van der Waals surface area contributed by atoms with E-state index >= 15 is 0 Å². The van der Waals surface area contributed by atoms with E-state index in [1.165, 1.54) is 12.1 Å². The average molecular weight is 505 g/mol. The predicted molar refractivity (Wildman–Crippen MR) is 138 cm³/mol. The molecule has 3 aromatic rings. The Morgan fingerprint density at radius 2 is 1.81 bits per heavy atom. The Balaban J connectivity index is 1.65. The average Bonchev–Trinajstić information content (AvgIpc) is 2.87. The maximum Gasteiger partial charge on any atom is 0.264 e. The maximum absolute atomic E-state index is 13.2. The molecule has 0 aliphatic carbocycles. The first-order valence-corrected chi connectivity index (χ1v) is 13.7. The van der Waals surface area contributed by atoms with Crippen molar-refractivity contribution in [3.05, 3.63) is 71.8 Å². The van der Waals surface area contributed by atoms with Gasteiger partial charge in [-0.3, -0.25) is 4.79 Å². The standard InChI is InChI=1S/C27H28N4O4S/c32-26-20-12-9-14-22(16-20)36(33,34)31-27-29-24-17-25(30-27)35-18-21(28-26)13-6-4-2-1-3-5-10-19-11-7-8-15-23(19)24/h5,7-12,14-17,21H,1-4,6,13,18H2,(H,28,32)(H,29,30,31)/b10-5-/t21-/m1/s1. The molecule has 2 aliphatic rings. The smallest absolute Gasteiger partial charge is 0.264 e. The van der Waals surface area contributed by atoms with Crippen LogP contribution >= 0.6 is 0 Å². The predicted octanol–water partition coefficient (Wildman–Crippen LogP) is 4.80. The summed E-state index contributed by atoms with van der Waals surface area (Å²) in [4.78, 5) is 21.8. The zero-order valence-corrected chi connectivity index (χ0v) is 20.6. The van der Waals surface area contributed by atoms with Crippen molar-refractivity contribution in [1.82, 2.24) is 15.3 Å². The highest BCUT2D eigenvalue weighted by molar-refractivity contribution is 7.92. The molecule has 9 heteroatoms. The second kappa shape index (κ2) is 10.5. The van der Waals surface area contributed by atoms with E-state index in [2.05, 4.69) is 32.2 Å². The number of ether oxygens (including phenoxy) is 1. The van der Waals surface area contributed by atoms with Crippen molar-refractivity contribution in [2.24, 2.45) is 0 Å². The molecular formula is C27H28N4O4S. The molecule has 2 aromatic carbocycles. The Labute approximate surface area is 210 Å². The first-order valence-electron chi connectivity index (χ1n) is 12.2. The molecule has 0 unspecified atom stereocenters. The van der Waals surface area contributed by atoms with Gasteiger partial charge in [-0.1, -0.05) is 61.7 Å². The zero-order chi connectivity index (χ0) is 25.0. The molecule has 1 atom stereocenters. The Bertz CT molecular complexity index is 1400. The highest BCUT2D eigenvalue weighted by Crippen LogP contribution is 2.28. The van der Waals surface area contributed by atoms with Crippen molar-refractivity contribution in [2.75, 3.05) is 11.3 Å². The van der Waals surface area contributed by atoms with Crippen molar-refractivity contribution in [1.29, 1.82) is 0 Å². The molecule has 0 radical (unpaired) electrons. The van der Waals surface area contributed by atoms with Crippen LogP contribution in [-0.4, -0.2) is 36.9 Å². The van der Waals surface area contributed by atoms with Crippen LogP contribution in [0.4, 0.5) is 5.95 Å². The number of hydrogen-bond donors (Lipinski definition) is 2. The lowest BCUT2D eigenvalue weighted by molar-refractivity contribution is 0.0916. The van der Waals surface area contributed by atoms with Gasteiger partial charge in [0.05, 0.1) is 16.6 Å². The van der Waals surface area contributed by atoms with Gasteiger partial charge in [0.15, 0.2) is 0 Å². The largest absolute Gasteiger partial charge is 0.475 e. The molecule has 0 saturated carbocycles. The number of sulfonamides is 1. The number of fused-ring (bicyclic) bond motifs is 8. The van der Waals surface area contributed by atoms with Crippen LogP contribution in [0.2, 0.25) is 0 Å². The summed E-state index contributed by atoms with van der Waals surface area (Å²) in [5, 5.41) is 3.02. The minimum Gasteiger partial charge on any atom is -0.475 e. The number of carbonyl (C=O) groups excluding carboxylic acids is 1. The van der Waals surface area contributed by atoms with E-state index in [9.17, 15) is 13.2 Å². The van der Waals surface area contributed by atoms with E-state index in [4.69, 9.17) is 4.74 Å². The zero-order valence-electron chi connectivity index (χ0n) is 19.8. The summed E-state index contributed by atoms with van der Waals surface area (Å²) in [5.74, 6) is -0.205. The summed E-state index contributed by atoms with van der Waals surface area (Å²) in [5.41, 5.74) is 2.61. The fourth-order valence-electron chi connectivity index (χ4n) is 4.41. The minimum absolute atomic E-state index is 0.0448. The van der Waals surface area contributed by atoms with Crippen LogP contribution in [0.15, 0.2) is 65.6 Å². The number of amides is 1. The quantitative estimate of drug-likeness (QED) is 0.455. The number of nitrogens with zero attached hydrogens (tertiary/aromatic N) is 2. The van der Waals surface area contributed by atoms with Crippen molar-refractivity contribution in [3.63, 3.8) is 0 Å². The van der Waals surface area contributed by atoms with Gasteiger partial charge >= 0.3 is 0 Å². The van der Waals surface area contributed by atoms with Gasteiger partial charge in [-0.15, -0.1) is 0 Å². The SMILES string of the molecule is O=C1N[C@@H]2CCCCCC/C=C\c3ccccc3-c3cc(nc(n3)NS(=O)(=O)c3cccc1c3)OC2. The van der Waals surface area contributed by atoms with Gasteiger partial charge < -0.3 is 10.1 Å². The van der Waals surface area contributed by atoms with Crippen LogP contribution in [0.5, 0.6) is 5.88 Å². The molecule has 36 heavy (non-hydrogen) atoms. The van der Waals surface area contributed by atoms with Crippen molar-refractivity contribution in [2.45, 2.75) is 49.5 Å². The molecule has 2 N–H and O–H groups in total. The van der Waals surface area contributed by atoms with Gasteiger partial charge in [0.25, 0.3) is 15.9 Å². The molecule has 3 heterocycles. The Hall–Kier alpha value is -3.72. The fourth-order valence-corrected chi connectivity index (χ4v) is 5.40. The lowest BCUT2D eigenvalue weighted by Gasteiger charge is -2.19. The number of hydrogen-bond acceptors (Lipinski definition) is 6. The number of carbonyl (C=O) groups is 1. The van der Waals surface area contributed by atoms with Crippen molar-refractivity contribution >= 4 is 28.0 Å². The van der Waals surface area contributed by atoms with E-state index < -0.39 is 10.0 Å². The minimum atomic E-state index is -4.05. The summed E-state index contributed by atoms with van der Waals surface area (Å²) < 4.78 is 34.9. The molecular weight excluding hydrogens is 476 g/mol. The van der Waals surface area contributed by atoms with Crippen LogP contribution in [0.25, 0.3) is 17.3 Å². The van der Waals surface area contributed by atoms with Gasteiger partial charge in [0.2, 0.25) is 11.8 Å². The van der Waals surface area contributed by atoms with Crippen molar-refractivity contribution < 1.29 is 17.9 Å². The monoisotopic (exact) mass is 504 g/mol. The Morgan fingerprint density at radius 3 is 2.72 bits per heavy atom. The van der Waals surface area contributed by atoms with Crippen molar-refractivity contribution in [3.8, 4) is 17.1 Å². The number of rotatable bonds is 0. The lowest BCUT2D eigenvalue weighted by Crippen LogP contribution is -2.39. The van der Waals surface area contributed by atoms with Crippen LogP contribution in [0.3, 0.4) is 0 Å². The topological polar surface area (TPSA) is 110 Å². The second-order valence-electron chi connectivity index (χ2n) is 9.01. The van der Waals surface area contributed by atoms with Gasteiger partial charge in [0, 0.05) is 17.2 Å². The Morgan fingerprint density at radius 1 is 0.944 bits per heavy atom. The van der Waals surface area contributed by atoms with E-state index in [0.29, 0.717) is 5.69 Å². The molecule has 1 amide bonds. The summed E-state index contributed by atoms with van der Waals surface area (Å²) in [6.45, 7) is 0.204. The molecule has 8 nitrogen and oxygen atoms in total. The van der Waals surface area contributed by atoms with Crippen LogP contribution in [0, 0.1) is 0 Å². The summed E-state index contributed by atoms with van der Waals surface area (Å²) >= 11 is 0. The van der Waals surface area contributed by atoms with E-state index in [-0.39, 0.29) is 40.8 Å². The molecule has 2 aliphatic heterocycles. The fraction of sp³-hybridized carbons (Fsp3) is 0.296. The van der Waals surface area contributed by atoms with Gasteiger partial charge in [-0.25, -0.2) is 18.1 Å². The number of aromatic nitrogens is 2. The molecule has 0 saturated heterocycles. The number of benzene rings is 2. The molecule has 1 aromatic heterocycles. The third-order valence-electron chi connectivity index (χ3n) is 6.31. The second-order valence-corrected chi connectivity index (χ2v) is 10.7. The first kappa shape index (κ1) is 24.0. The normalized spacial score (nSPS) is 20.6. The lowest BCUT2D eigenvalue weighted by atomic mass is 10.0. The Kier molecular flexibility index (Phi) is 6.99. The first-order chi connectivity index (χ1) is 17.5. The van der Waals surface area contributed by atoms with E-state index in [0.717, 1.165) is 49.7 Å². The third kappa shape index (κ3) is 5.57. The number of nitrogens with one attached hydrogen (secondary N) is 2. The van der Waals surface area contributed by atoms with Gasteiger partial charge in [-0.2, -0.15) is 4.98 Å². The number of anilines is 1. The summed E-state index contributed by atoms with van der Waals surface area (Å²) in [6, 6.07) is 15.2. The highest BCUT2D eigenvalue weighted by atomic mass is 32.2. The van der Waals surface area contributed by atoms with E-state index in [1.54, 1.807) is 18.2 Å². The van der Waals surface area contributed by atoms with Crippen LogP contribution in [-0.2, 0) is 10.0 Å². The molecule has 0 fully saturated rings. The number of allylic oxidation sites excluding steroid dienone is 1.